The zero-order chi connectivity index (χ0) is 15.6. The number of nitrogens with zero attached hydrogens (tertiary/aromatic N) is 1. The van der Waals surface area contributed by atoms with Crippen molar-refractivity contribution in [1.29, 1.82) is 0 Å². The van der Waals surface area contributed by atoms with Crippen molar-refractivity contribution in [3.8, 4) is 0 Å². The molecule has 0 bridgehead atoms. The number of halogens is 1. The van der Waals surface area contributed by atoms with Crippen LogP contribution in [0.25, 0.3) is 0 Å². The number of anilines is 1. The number of benzene rings is 2. The largest absolute Gasteiger partial charge is 0.398 e. The van der Waals surface area contributed by atoms with Gasteiger partial charge in [-0.05, 0) is 23.8 Å². The number of nitro groups is 1. The van der Waals surface area contributed by atoms with Gasteiger partial charge in [-0.3, -0.25) is 10.1 Å². The molecule has 6 nitrogen and oxygen atoms in total. The molecule has 2 N–H and O–H groups in total. The number of hydrogen-bond donors (Lipinski definition) is 1. The van der Waals surface area contributed by atoms with Gasteiger partial charge in [-0.1, -0.05) is 23.7 Å². The van der Waals surface area contributed by atoms with Crippen molar-refractivity contribution in [1.82, 2.24) is 0 Å². The van der Waals surface area contributed by atoms with Gasteiger partial charge >= 0.3 is 0 Å². The minimum Gasteiger partial charge on any atom is -0.398 e. The van der Waals surface area contributed by atoms with Gasteiger partial charge in [0.05, 0.1) is 26.3 Å². The second-order valence-corrected chi connectivity index (χ2v) is 6.69. The van der Waals surface area contributed by atoms with E-state index in [4.69, 9.17) is 17.3 Å². The van der Waals surface area contributed by atoms with Crippen LogP contribution in [0.5, 0.6) is 0 Å². The Morgan fingerprint density at radius 3 is 2.43 bits per heavy atom. The standard InChI is InChI=1S/C13H11ClN2O4S/c14-11-7-10(16(17)18)6-5-9(11)8-21(19,20)13-4-2-1-3-12(13)15/h1-7H,8,15H2. The Labute approximate surface area is 126 Å². The Morgan fingerprint density at radius 2 is 1.86 bits per heavy atom. The maximum Gasteiger partial charge on any atom is 0.270 e. The molecule has 2 rings (SSSR count). The predicted octanol–water partition coefficient (Wildman–Crippen LogP) is 2.80. The first-order valence-corrected chi connectivity index (χ1v) is 7.84. The zero-order valence-corrected chi connectivity index (χ0v) is 12.3. The number of rotatable bonds is 4. The normalized spacial score (nSPS) is 11.3. The number of nitrogens with two attached hydrogens (primary N) is 1. The van der Waals surface area contributed by atoms with E-state index >= 15 is 0 Å². The first-order chi connectivity index (χ1) is 9.81. The van der Waals surface area contributed by atoms with Crippen LogP contribution in [0.3, 0.4) is 0 Å². The van der Waals surface area contributed by atoms with Gasteiger partial charge in [0.2, 0.25) is 0 Å². The average Bonchev–Trinajstić information content (AvgIpc) is 2.41. The number of nitro benzene ring substituents is 1. The van der Waals surface area contributed by atoms with E-state index in [0.717, 1.165) is 6.07 Å². The first-order valence-electron chi connectivity index (χ1n) is 5.81. The van der Waals surface area contributed by atoms with Gasteiger partial charge in [0.1, 0.15) is 0 Å². The van der Waals surface area contributed by atoms with E-state index in [1.807, 2.05) is 0 Å². The Hall–Kier alpha value is -2.12. The molecule has 0 spiro atoms. The van der Waals surface area contributed by atoms with Crippen molar-refractivity contribution in [2.24, 2.45) is 0 Å². The SMILES string of the molecule is Nc1ccccc1S(=O)(=O)Cc1ccc([N+](=O)[O-])cc1Cl. The van der Waals surface area contributed by atoms with E-state index in [2.05, 4.69) is 0 Å². The number of hydrogen-bond acceptors (Lipinski definition) is 5. The molecule has 21 heavy (non-hydrogen) atoms. The molecular formula is C13H11ClN2O4S. The van der Waals surface area contributed by atoms with Crippen molar-refractivity contribution >= 4 is 32.8 Å². The van der Waals surface area contributed by atoms with Gasteiger partial charge in [0.25, 0.3) is 5.69 Å². The van der Waals surface area contributed by atoms with Crippen molar-refractivity contribution in [2.45, 2.75) is 10.6 Å². The van der Waals surface area contributed by atoms with Gasteiger partial charge in [-0.25, -0.2) is 8.42 Å². The second-order valence-electron chi connectivity index (χ2n) is 4.33. The summed E-state index contributed by atoms with van der Waals surface area (Å²) in [7, 11) is -3.68. The summed E-state index contributed by atoms with van der Waals surface area (Å²) >= 11 is 5.91. The zero-order valence-electron chi connectivity index (χ0n) is 10.7. The van der Waals surface area contributed by atoms with Crippen LogP contribution in [0.1, 0.15) is 5.56 Å². The maximum absolute atomic E-state index is 12.3. The molecule has 0 amide bonds. The molecule has 2 aromatic rings. The fraction of sp³-hybridized carbons (Fsp3) is 0.0769. The summed E-state index contributed by atoms with van der Waals surface area (Å²) in [5.41, 5.74) is 5.90. The van der Waals surface area contributed by atoms with Crippen LogP contribution in [0.2, 0.25) is 5.02 Å². The minimum absolute atomic E-state index is 0.0134. The van der Waals surface area contributed by atoms with Crippen LogP contribution in [0, 0.1) is 10.1 Å². The predicted molar refractivity (Wildman–Crippen MR) is 79.9 cm³/mol. The van der Waals surface area contributed by atoms with E-state index in [0.29, 0.717) is 0 Å². The lowest BCUT2D eigenvalue weighted by molar-refractivity contribution is -0.384. The lowest BCUT2D eigenvalue weighted by Gasteiger charge is -2.08. The van der Waals surface area contributed by atoms with Gasteiger partial charge in [0.15, 0.2) is 9.84 Å². The highest BCUT2D eigenvalue weighted by atomic mass is 35.5. The van der Waals surface area contributed by atoms with Crippen LogP contribution >= 0.6 is 11.6 Å². The summed E-state index contributed by atoms with van der Waals surface area (Å²) in [6.45, 7) is 0. The van der Waals surface area contributed by atoms with Gasteiger partial charge in [-0.2, -0.15) is 0 Å². The second kappa shape index (κ2) is 5.71. The van der Waals surface area contributed by atoms with E-state index in [9.17, 15) is 18.5 Å². The molecule has 0 fully saturated rings. The molecule has 0 saturated carbocycles. The van der Waals surface area contributed by atoms with Crippen LogP contribution in [0.4, 0.5) is 11.4 Å². The third kappa shape index (κ3) is 3.32. The van der Waals surface area contributed by atoms with E-state index in [1.165, 1.54) is 24.3 Å². The van der Waals surface area contributed by atoms with E-state index < -0.39 is 14.8 Å². The Balaban J connectivity index is 2.38. The molecule has 0 atom stereocenters. The summed E-state index contributed by atoms with van der Waals surface area (Å²) in [6, 6.07) is 9.77. The smallest absolute Gasteiger partial charge is 0.270 e. The van der Waals surface area contributed by atoms with Crippen molar-refractivity contribution in [2.75, 3.05) is 5.73 Å². The molecule has 0 aliphatic rings. The molecule has 0 aliphatic heterocycles. The maximum atomic E-state index is 12.3. The van der Waals surface area contributed by atoms with Gasteiger partial charge in [-0.15, -0.1) is 0 Å². The summed E-state index contributed by atoms with van der Waals surface area (Å²) < 4.78 is 24.6. The van der Waals surface area contributed by atoms with Gasteiger partial charge < -0.3 is 5.73 Å². The third-order valence-corrected chi connectivity index (χ3v) is 4.93. The van der Waals surface area contributed by atoms with Crippen LogP contribution in [0.15, 0.2) is 47.4 Å². The number of sulfone groups is 1. The van der Waals surface area contributed by atoms with Crippen LogP contribution in [-0.2, 0) is 15.6 Å². The van der Waals surface area contributed by atoms with Crippen LogP contribution < -0.4 is 5.73 Å². The fourth-order valence-electron chi connectivity index (χ4n) is 1.81. The summed E-state index contributed by atoms with van der Waals surface area (Å²) in [5, 5.41) is 10.7. The highest BCUT2D eigenvalue weighted by Gasteiger charge is 2.20. The Kier molecular flexibility index (Phi) is 4.15. The third-order valence-electron chi connectivity index (χ3n) is 2.85. The van der Waals surface area contributed by atoms with Gasteiger partial charge in [0, 0.05) is 12.1 Å². The average molecular weight is 327 g/mol. The quantitative estimate of drug-likeness (QED) is 0.528. The molecule has 0 aliphatic carbocycles. The molecule has 0 saturated heterocycles. The summed E-state index contributed by atoms with van der Waals surface area (Å²) in [5.74, 6) is -0.377. The lowest BCUT2D eigenvalue weighted by atomic mass is 10.2. The summed E-state index contributed by atoms with van der Waals surface area (Å²) in [4.78, 5) is 10.0. The van der Waals surface area contributed by atoms with E-state index in [-0.39, 0.29) is 32.6 Å². The molecule has 0 radical (unpaired) electrons. The van der Waals surface area contributed by atoms with Crippen molar-refractivity contribution in [3.63, 3.8) is 0 Å². The Bertz CT molecular complexity index is 806. The minimum atomic E-state index is -3.68. The lowest BCUT2D eigenvalue weighted by Crippen LogP contribution is -2.08. The number of nitrogen functional groups attached to an aromatic ring is 1. The molecule has 0 unspecified atom stereocenters. The first kappa shape index (κ1) is 15.3. The Morgan fingerprint density at radius 1 is 1.19 bits per heavy atom. The number of non-ortho nitro benzene ring substituents is 1. The summed E-state index contributed by atoms with van der Waals surface area (Å²) in [6.07, 6.45) is 0. The topological polar surface area (TPSA) is 103 Å². The number of para-hydroxylation sites is 1. The monoisotopic (exact) mass is 326 g/mol. The van der Waals surface area contributed by atoms with Crippen LogP contribution in [-0.4, -0.2) is 13.3 Å². The molecule has 110 valence electrons. The molecule has 2 aromatic carbocycles. The van der Waals surface area contributed by atoms with E-state index in [1.54, 1.807) is 12.1 Å². The molecule has 0 heterocycles. The highest BCUT2D eigenvalue weighted by Crippen LogP contribution is 2.27. The van der Waals surface area contributed by atoms with Crippen molar-refractivity contribution < 1.29 is 13.3 Å². The van der Waals surface area contributed by atoms with Crippen molar-refractivity contribution in [3.05, 3.63) is 63.2 Å². The molecular weight excluding hydrogens is 316 g/mol. The molecule has 8 heteroatoms. The fourth-order valence-corrected chi connectivity index (χ4v) is 3.66. The highest BCUT2D eigenvalue weighted by molar-refractivity contribution is 7.90. The molecule has 0 aromatic heterocycles.